The summed E-state index contributed by atoms with van der Waals surface area (Å²) in [7, 11) is 0. The second kappa shape index (κ2) is 4.26. The normalized spacial score (nSPS) is 11.3. The number of imidazole rings is 1. The molecule has 0 aliphatic heterocycles. The van der Waals surface area contributed by atoms with E-state index in [0.29, 0.717) is 5.92 Å². The molecule has 0 saturated carbocycles. The molecule has 0 saturated heterocycles. The van der Waals surface area contributed by atoms with Crippen molar-refractivity contribution in [1.82, 2.24) is 14.6 Å². The molecule has 0 fully saturated rings. The van der Waals surface area contributed by atoms with Crippen molar-refractivity contribution in [2.75, 3.05) is 0 Å². The Kier molecular flexibility index (Phi) is 2.59. The van der Waals surface area contributed by atoms with Gasteiger partial charge in [0.1, 0.15) is 0 Å². The van der Waals surface area contributed by atoms with E-state index < -0.39 is 0 Å². The summed E-state index contributed by atoms with van der Waals surface area (Å²) in [5, 5.41) is 4.58. The summed E-state index contributed by atoms with van der Waals surface area (Å²) in [5.74, 6) is 0.428. The lowest BCUT2D eigenvalue weighted by atomic mass is 10.1. The highest BCUT2D eigenvalue weighted by Crippen LogP contribution is 2.19. The zero-order valence-corrected chi connectivity index (χ0v) is 10.5. The number of nitrogens with zero attached hydrogens (tertiary/aromatic N) is 3. The van der Waals surface area contributed by atoms with E-state index in [1.165, 1.54) is 0 Å². The highest BCUT2D eigenvalue weighted by molar-refractivity contribution is 5.61. The van der Waals surface area contributed by atoms with E-state index in [9.17, 15) is 0 Å². The summed E-state index contributed by atoms with van der Waals surface area (Å²) in [6.07, 6.45) is 1.98. The molecule has 0 atom stereocenters. The number of hydrogen-bond donors (Lipinski definition) is 0. The van der Waals surface area contributed by atoms with Gasteiger partial charge in [-0.05, 0) is 18.1 Å². The second-order valence-corrected chi connectivity index (χ2v) is 4.71. The molecule has 0 radical (unpaired) electrons. The topological polar surface area (TPSA) is 30.2 Å². The summed E-state index contributed by atoms with van der Waals surface area (Å²) in [4.78, 5) is 4.58. The maximum absolute atomic E-state index is 4.58. The van der Waals surface area contributed by atoms with E-state index >= 15 is 0 Å². The zero-order valence-electron chi connectivity index (χ0n) is 10.5. The minimum absolute atomic E-state index is 0.428. The van der Waals surface area contributed by atoms with Gasteiger partial charge in [0.2, 0.25) is 0 Å². The van der Waals surface area contributed by atoms with Crippen LogP contribution in [0.5, 0.6) is 0 Å². The Morgan fingerprint density at radius 1 is 1.00 bits per heavy atom. The van der Waals surface area contributed by atoms with E-state index in [-0.39, 0.29) is 0 Å². The number of rotatable bonds is 2. The van der Waals surface area contributed by atoms with Crippen molar-refractivity contribution >= 4 is 5.65 Å². The lowest BCUT2D eigenvalue weighted by molar-refractivity contribution is 0.764. The van der Waals surface area contributed by atoms with E-state index in [2.05, 4.69) is 36.1 Å². The van der Waals surface area contributed by atoms with Gasteiger partial charge < -0.3 is 0 Å². The van der Waals surface area contributed by atoms with Crippen molar-refractivity contribution in [3.05, 3.63) is 54.4 Å². The molecular formula is C15H15N3. The van der Waals surface area contributed by atoms with Gasteiger partial charge in [0.15, 0.2) is 5.65 Å². The molecule has 0 N–H and O–H groups in total. The molecule has 3 nitrogen and oxygen atoms in total. The third-order valence-electron chi connectivity index (χ3n) is 3.00. The average Bonchev–Trinajstić information content (AvgIpc) is 2.82. The fraction of sp³-hybridized carbons (Fsp3) is 0.200. The summed E-state index contributed by atoms with van der Waals surface area (Å²) in [6, 6.07) is 14.2. The molecule has 18 heavy (non-hydrogen) atoms. The molecular weight excluding hydrogens is 222 g/mol. The van der Waals surface area contributed by atoms with Crippen LogP contribution in [0.3, 0.4) is 0 Å². The van der Waals surface area contributed by atoms with E-state index in [4.69, 9.17) is 0 Å². The van der Waals surface area contributed by atoms with Crippen LogP contribution in [-0.4, -0.2) is 14.6 Å². The Balaban J connectivity index is 2.11. The molecule has 3 rings (SSSR count). The van der Waals surface area contributed by atoms with E-state index in [1.54, 1.807) is 0 Å². The number of fused-ring (bicyclic) bond motifs is 1. The van der Waals surface area contributed by atoms with Crippen molar-refractivity contribution in [3.63, 3.8) is 0 Å². The first-order valence-corrected chi connectivity index (χ1v) is 6.16. The first kappa shape index (κ1) is 11.0. The standard InChI is InChI=1S/C15H15N3/c1-11(2)13-8-9-15-16-14(10-18(15)17-13)12-6-4-3-5-7-12/h3-11H,1-2H3. The maximum Gasteiger partial charge on any atom is 0.154 e. The minimum atomic E-state index is 0.428. The molecule has 2 aromatic heterocycles. The van der Waals surface area contributed by atoms with Gasteiger partial charge in [0.25, 0.3) is 0 Å². The fourth-order valence-corrected chi connectivity index (χ4v) is 1.95. The third-order valence-corrected chi connectivity index (χ3v) is 3.00. The zero-order chi connectivity index (χ0) is 12.5. The number of hydrogen-bond acceptors (Lipinski definition) is 2. The molecule has 3 aromatic rings. The Labute approximate surface area is 106 Å². The van der Waals surface area contributed by atoms with E-state index in [0.717, 1.165) is 22.6 Å². The Morgan fingerprint density at radius 2 is 1.78 bits per heavy atom. The minimum Gasteiger partial charge on any atom is -0.227 e. The molecule has 0 amide bonds. The van der Waals surface area contributed by atoms with Gasteiger partial charge in [-0.3, -0.25) is 0 Å². The van der Waals surface area contributed by atoms with Gasteiger partial charge in [0, 0.05) is 5.56 Å². The summed E-state index contributed by atoms with van der Waals surface area (Å²) >= 11 is 0. The Hall–Kier alpha value is -2.16. The third kappa shape index (κ3) is 1.88. The summed E-state index contributed by atoms with van der Waals surface area (Å²) in [6.45, 7) is 4.28. The molecule has 2 heterocycles. The van der Waals surface area contributed by atoms with E-state index in [1.807, 2.05) is 41.0 Å². The lowest BCUT2D eigenvalue weighted by Crippen LogP contribution is -1.98. The lowest BCUT2D eigenvalue weighted by Gasteiger charge is -2.02. The average molecular weight is 237 g/mol. The summed E-state index contributed by atoms with van der Waals surface area (Å²) < 4.78 is 1.86. The quantitative estimate of drug-likeness (QED) is 0.682. The van der Waals surface area contributed by atoms with Crippen LogP contribution in [0, 0.1) is 0 Å². The van der Waals surface area contributed by atoms with Crippen LogP contribution in [-0.2, 0) is 0 Å². The van der Waals surface area contributed by atoms with Gasteiger partial charge >= 0.3 is 0 Å². The van der Waals surface area contributed by atoms with Gasteiger partial charge in [-0.1, -0.05) is 44.2 Å². The molecule has 0 unspecified atom stereocenters. The molecule has 3 heteroatoms. The van der Waals surface area contributed by atoms with Crippen LogP contribution >= 0.6 is 0 Å². The maximum atomic E-state index is 4.58. The fourth-order valence-electron chi connectivity index (χ4n) is 1.95. The first-order valence-electron chi connectivity index (χ1n) is 6.16. The van der Waals surface area contributed by atoms with Crippen LogP contribution in [0.1, 0.15) is 25.5 Å². The predicted octanol–water partition coefficient (Wildman–Crippen LogP) is 3.52. The van der Waals surface area contributed by atoms with Crippen LogP contribution in [0.15, 0.2) is 48.7 Å². The molecule has 0 bridgehead atoms. The van der Waals surface area contributed by atoms with Crippen LogP contribution in [0.25, 0.3) is 16.9 Å². The largest absolute Gasteiger partial charge is 0.227 e. The van der Waals surface area contributed by atoms with Crippen molar-refractivity contribution in [1.29, 1.82) is 0 Å². The highest BCUT2D eigenvalue weighted by Gasteiger charge is 2.07. The molecule has 90 valence electrons. The monoisotopic (exact) mass is 237 g/mol. The first-order chi connectivity index (χ1) is 8.74. The molecule has 0 aliphatic rings. The second-order valence-electron chi connectivity index (χ2n) is 4.71. The summed E-state index contributed by atoms with van der Waals surface area (Å²) in [5.41, 5.74) is 4.05. The van der Waals surface area contributed by atoms with Crippen molar-refractivity contribution in [2.45, 2.75) is 19.8 Å². The SMILES string of the molecule is CC(C)c1ccc2nc(-c3ccccc3)cn2n1. The van der Waals surface area contributed by atoms with Crippen molar-refractivity contribution in [3.8, 4) is 11.3 Å². The van der Waals surface area contributed by atoms with Gasteiger partial charge in [-0.2, -0.15) is 5.10 Å². The highest BCUT2D eigenvalue weighted by atomic mass is 15.2. The van der Waals surface area contributed by atoms with Crippen molar-refractivity contribution < 1.29 is 0 Å². The number of benzene rings is 1. The van der Waals surface area contributed by atoms with Gasteiger partial charge in [-0.25, -0.2) is 9.50 Å². The van der Waals surface area contributed by atoms with Gasteiger partial charge in [0.05, 0.1) is 17.6 Å². The van der Waals surface area contributed by atoms with Crippen LogP contribution in [0.2, 0.25) is 0 Å². The Morgan fingerprint density at radius 3 is 2.50 bits per heavy atom. The smallest absolute Gasteiger partial charge is 0.154 e. The predicted molar refractivity (Wildman–Crippen MR) is 72.5 cm³/mol. The van der Waals surface area contributed by atoms with Gasteiger partial charge in [-0.15, -0.1) is 0 Å². The van der Waals surface area contributed by atoms with Crippen LogP contribution in [0.4, 0.5) is 0 Å². The molecule has 0 spiro atoms. The van der Waals surface area contributed by atoms with Crippen LogP contribution < -0.4 is 0 Å². The molecule has 0 aliphatic carbocycles. The number of aromatic nitrogens is 3. The Bertz CT molecular complexity index is 669. The van der Waals surface area contributed by atoms with Crippen molar-refractivity contribution in [2.24, 2.45) is 0 Å². The molecule has 1 aromatic carbocycles.